The third kappa shape index (κ3) is 3.31. The van der Waals surface area contributed by atoms with Crippen molar-refractivity contribution in [3.8, 4) is 0 Å². The van der Waals surface area contributed by atoms with Crippen LogP contribution in [0.3, 0.4) is 0 Å². The smallest absolute Gasteiger partial charge is 0.0514 e. The number of benzene rings is 1. The van der Waals surface area contributed by atoms with Gasteiger partial charge in [0.15, 0.2) is 0 Å². The van der Waals surface area contributed by atoms with Crippen LogP contribution in [0, 0.1) is 5.41 Å². The van der Waals surface area contributed by atoms with Crippen LogP contribution in [0.15, 0.2) is 24.3 Å². The number of rotatable bonds is 4. The number of nitrogens with two attached hydrogens (primary N) is 1. The van der Waals surface area contributed by atoms with Gasteiger partial charge in [-0.25, -0.2) is 0 Å². The molecule has 2 atom stereocenters. The van der Waals surface area contributed by atoms with Gasteiger partial charge >= 0.3 is 0 Å². The van der Waals surface area contributed by atoms with Gasteiger partial charge in [-0.15, -0.1) is 0 Å². The Balaban J connectivity index is 2.30. The van der Waals surface area contributed by atoms with Crippen LogP contribution in [-0.2, 0) is 0 Å². The van der Waals surface area contributed by atoms with Crippen LogP contribution in [0.2, 0.25) is 5.02 Å². The van der Waals surface area contributed by atoms with E-state index in [4.69, 9.17) is 17.3 Å². The lowest BCUT2D eigenvalue weighted by Gasteiger charge is -2.34. The van der Waals surface area contributed by atoms with Gasteiger partial charge < -0.3 is 5.73 Å². The fraction of sp³-hybridized carbons (Fsp3) is 0.625. The summed E-state index contributed by atoms with van der Waals surface area (Å²) in [6, 6.07) is 8.49. The van der Waals surface area contributed by atoms with Crippen molar-refractivity contribution in [1.29, 1.82) is 0 Å². The fourth-order valence-electron chi connectivity index (χ4n) is 3.03. The lowest BCUT2D eigenvalue weighted by Crippen LogP contribution is -2.40. The molecule has 19 heavy (non-hydrogen) atoms. The highest BCUT2D eigenvalue weighted by atomic mass is 35.5. The monoisotopic (exact) mass is 280 g/mol. The van der Waals surface area contributed by atoms with E-state index in [0.29, 0.717) is 5.41 Å². The molecule has 1 fully saturated rings. The summed E-state index contributed by atoms with van der Waals surface area (Å²) in [4.78, 5) is 2.51. The highest BCUT2D eigenvalue weighted by molar-refractivity contribution is 6.31. The summed E-state index contributed by atoms with van der Waals surface area (Å²) in [5.41, 5.74) is 7.95. The van der Waals surface area contributed by atoms with Gasteiger partial charge in [0.05, 0.1) is 6.04 Å². The summed E-state index contributed by atoms with van der Waals surface area (Å²) in [7, 11) is 0. The minimum atomic E-state index is 0.133. The quantitative estimate of drug-likeness (QED) is 0.908. The maximum absolute atomic E-state index is 6.39. The largest absolute Gasteiger partial charge is 0.326 e. The van der Waals surface area contributed by atoms with Crippen LogP contribution in [0.5, 0.6) is 0 Å². The molecule has 0 radical (unpaired) electrons. The first-order valence-electron chi connectivity index (χ1n) is 7.18. The Bertz CT molecular complexity index is 431. The van der Waals surface area contributed by atoms with Crippen LogP contribution in [-0.4, -0.2) is 24.0 Å². The lowest BCUT2D eigenvalue weighted by atomic mass is 9.92. The van der Waals surface area contributed by atoms with Gasteiger partial charge in [0.1, 0.15) is 0 Å². The SMILES string of the molecule is CCC(N)C(c1ccccc1Cl)N1CCC(C)(C)C1. The van der Waals surface area contributed by atoms with Crippen molar-refractivity contribution in [2.75, 3.05) is 13.1 Å². The van der Waals surface area contributed by atoms with E-state index in [1.165, 1.54) is 12.0 Å². The summed E-state index contributed by atoms with van der Waals surface area (Å²) in [6.07, 6.45) is 2.19. The molecule has 1 aromatic carbocycles. The van der Waals surface area contributed by atoms with Crippen LogP contribution < -0.4 is 5.73 Å². The molecule has 0 aromatic heterocycles. The summed E-state index contributed by atoms with van der Waals surface area (Å²) in [5.74, 6) is 0. The molecule has 1 heterocycles. The Morgan fingerprint density at radius 3 is 2.58 bits per heavy atom. The van der Waals surface area contributed by atoms with Crippen molar-refractivity contribution < 1.29 is 0 Å². The first-order valence-corrected chi connectivity index (χ1v) is 7.56. The molecule has 0 saturated carbocycles. The molecule has 0 bridgehead atoms. The Hall–Kier alpha value is -0.570. The van der Waals surface area contributed by atoms with Gasteiger partial charge in [-0.2, -0.15) is 0 Å². The maximum Gasteiger partial charge on any atom is 0.0514 e. The Labute approximate surface area is 121 Å². The molecule has 2 N–H and O–H groups in total. The molecule has 2 rings (SSSR count). The van der Waals surface area contributed by atoms with Crippen molar-refractivity contribution in [2.45, 2.75) is 45.7 Å². The molecule has 0 aliphatic carbocycles. The molecule has 1 aliphatic rings. The molecule has 0 spiro atoms. The highest BCUT2D eigenvalue weighted by Crippen LogP contribution is 2.38. The third-order valence-corrected chi connectivity index (χ3v) is 4.55. The molecule has 3 heteroatoms. The van der Waals surface area contributed by atoms with Crippen LogP contribution in [0.25, 0.3) is 0 Å². The zero-order chi connectivity index (χ0) is 14.0. The van der Waals surface area contributed by atoms with Crippen molar-refractivity contribution in [2.24, 2.45) is 11.1 Å². The van der Waals surface area contributed by atoms with Crippen molar-refractivity contribution in [3.05, 3.63) is 34.9 Å². The first-order chi connectivity index (χ1) is 8.94. The fourth-order valence-corrected chi connectivity index (χ4v) is 3.28. The standard InChI is InChI=1S/C16H25ClN2/c1-4-14(18)15(12-7-5-6-8-13(12)17)19-10-9-16(2,3)11-19/h5-8,14-15H,4,9-11,18H2,1-3H3. The van der Waals surface area contributed by atoms with E-state index < -0.39 is 0 Å². The minimum absolute atomic E-state index is 0.133. The predicted molar refractivity (Wildman–Crippen MR) is 82.4 cm³/mol. The lowest BCUT2D eigenvalue weighted by molar-refractivity contribution is 0.189. The van der Waals surface area contributed by atoms with E-state index >= 15 is 0 Å². The van der Waals surface area contributed by atoms with Crippen LogP contribution in [0.1, 0.15) is 45.2 Å². The second-order valence-electron chi connectivity index (χ2n) is 6.42. The van der Waals surface area contributed by atoms with Gasteiger partial charge in [0.2, 0.25) is 0 Å². The number of hydrogen-bond donors (Lipinski definition) is 1. The van der Waals surface area contributed by atoms with Crippen LogP contribution >= 0.6 is 11.6 Å². The number of likely N-dealkylation sites (tertiary alicyclic amines) is 1. The average molecular weight is 281 g/mol. The molecule has 2 unspecified atom stereocenters. The van der Waals surface area contributed by atoms with E-state index in [0.717, 1.165) is 24.5 Å². The van der Waals surface area contributed by atoms with Crippen molar-refractivity contribution in [1.82, 2.24) is 4.90 Å². The van der Waals surface area contributed by atoms with E-state index in [-0.39, 0.29) is 12.1 Å². The van der Waals surface area contributed by atoms with Crippen LogP contribution in [0.4, 0.5) is 0 Å². The van der Waals surface area contributed by atoms with Crippen molar-refractivity contribution in [3.63, 3.8) is 0 Å². The topological polar surface area (TPSA) is 29.3 Å². The highest BCUT2D eigenvalue weighted by Gasteiger charge is 2.36. The summed E-state index contributed by atoms with van der Waals surface area (Å²) in [6.45, 7) is 9.01. The van der Waals surface area contributed by atoms with Crippen molar-refractivity contribution >= 4 is 11.6 Å². The van der Waals surface area contributed by atoms with Gasteiger partial charge in [-0.3, -0.25) is 4.90 Å². The van der Waals surface area contributed by atoms with E-state index in [1.807, 2.05) is 12.1 Å². The molecular formula is C16H25ClN2. The number of halogens is 1. The van der Waals surface area contributed by atoms with Gasteiger partial charge in [0.25, 0.3) is 0 Å². The zero-order valence-corrected chi connectivity index (χ0v) is 13.0. The van der Waals surface area contributed by atoms with E-state index in [9.17, 15) is 0 Å². The molecule has 1 aliphatic heterocycles. The summed E-state index contributed by atoms with van der Waals surface area (Å²) < 4.78 is 0. The summed E-state index contributed by atoms with van der Waals surface area (Å²) >= 11 is 6.39. The molecule has 0 amide bonds. The number of nitrogens with zero attached hydrogens (tertiary/aromatic N) is 1. The second-order valence-corrected chi connectivity index (χ2v) is 6.83. The normalized spacial score (nSPS) is 22.4. The van der Waals surface area contributed by atoms with Gasteiger partial charge in [-0.05, 0) is 36.4 Å². The Morgan fingerprint density at radius 2 is 2.05 bits per heavy atom. The molecule has 2 nitrogen and oxygen atoms in total. The molecular weight excluding hydrogens is 256 g/mol. The molecule has 1 aromatic rings. The third-order valence-electron chi connectivity index (χ3n) is 4.20. The second kappa shape index (κ2) is 5.82. The maximum atomic E-state index is 6.39. The van der Waals surface area contributed by atoms with E-state index in [1.54, 1.807) is 0 Å². The number of hydrogen-bond acceptors (Lipinski definition) is 2. The van der Waals surface area contributed by atoms with E-state index in [2.05, 4.69) is 37.8 Å². The Kier molecular flexibility index (Phi) is 4.54. The minimum Gasteiger partial charge on any atom is -0.326 e. The molecule has 1 saturated heterocycles. The van der Waals surface area contributed by atoms with Gasteiger partial charge in [-0.1, -0.05) is 50.6 Å². The average Bonchev–Trinajstić information content (AvgIpc) is 2.72. The molecule has 106 valence electrons. The first kappa shape index (κ1) is 14.8. The zero-order valence-electron chi connectivity index (χ0n) is 12.2. The van der Waals surface area contributed by atoms with Gasteiger partial charge in [0, 0.05) is 17.6 Å². The summed E-state index contributed by atoms with van der Waals surface area (Å²) in [5, 5.41) is 0.834. The predicted octanol–water partition coefficient (Wildman–Crippen LogP) is 3.85. The Morgan fingerprint density at radius 1 is 1.37 bits per heavy atom.